The molecule has 0 fully saturated rings. The molecular formula is C8H15CuO. The molecule has 0 aromatic carbocycles. The second kappa shape index (κ2) is 11.9. The van der Waals surface area contributed by atoms with Crippen LogP contribution in [0.2, 0.25) is 0 Å². The van der Waals surface area contributed by atoms with Crippen molar-refractivity contribution in [2.45, 2.75) is 45.4 Å². The molecule has 10 heavy (non-hydrogen) atoms. The van der Waals surface area contributed by atoms with E-state index in [9.17, 15) is 4.79 Å². The first-order valence-electron chi connectivity index (χ1n) is 3.76. The molecular weight excluding hydrogens is 176 g/mol. The molecule has 0 bridgehead atoms. The summed E-state index contributed by atoms with van der Waals surface area (Å²) in [5.74, 6) is 0. The van der Waals surface area contributed by atoms with Crippen molar-refractivity contribution in [3.05, 3.63) is 0 Å². The molecule has 0 saturated heterocycles. The maximum Gasteiger partial charge on any atom is 1.00 e. The smallest absolute Gasteiger partial charge is 0.542 e. The molecule has 0 radical (unpaired) electrons. The van der Waals surface area contributed by atoms with E-state index in [1.54, 1.807) is 0 Å². The van der Waals surface area contributed by atoms with Crippen LogP contribution in [-0.4, -0.2) is 6.29 Å². The Balaban J connectivity index is 0. The predicted octanol–water partition coefficient (Wildman–Crippen LogP) is 2.45. The van der Waals surface area contributed by atoms with Crippen LogP contribution in [0.25, 0.3) is 0 Å². The summed E-state index contributed by atoms with van der Waals surface area (Å²) in [5.41, 5.74) is 0. The zero-order valence-corrected chi connectivity index (χ0v) is 7.39. The molecule has 0 atom stereocenters. The summed E-state index contributed by atoms with van der Waals surface area (Å²) in [6, 6.07) is 0. The Kier molecular flexibility index (Phi) is 15.3. The fourth-order valence-corrected chi connectivity index (χ4v) is 0.801. The van der Waals surface area contributed by atoms with Crippen molar-refractivity contribution in [2.24, 2.45) is 0 Å². The molecule has 0 saturated carbocycles. The Morgan fingerprint density at radius 1 is 1.10 bits per heavy atom. The minimum atomic E-state index is 0. The zero-order chi connectivity index (χ0) is 6.95. The van der Waals surface area contributed by atoms with Gasteiger partial charge in [0.2, 0.25) is 0 Å². The summed E-state index contributed by atoms with van der Waals surface area (Å²) >= 11 is 0. The third-order valence-electron chi connectivity index (χ3n) is 1.38. The van der Waals surface area contributed by atoms with Crippen molar-refractivity contribution < 1.29 is 21.9 Å². The number of hydrogen-bond acceptors (Lipinski definition) is 1. The largest absolute Gasteiger partial charge is 1.00 e. The fraction of sp³-hybridized carbons (Fsp3) is 0.875. The number of carbonyl (C=O) groups excluding carboxylic acids is 1. The average Bonchev–Trinajstić information content (AvgIpc) is 1.89. The Bertz CT molecular complexity index is 64.3. The van der Waals surface area contributed by atoms with E-state index in [2.05, 4.69) is 6.92 Å². The van der Waals surface area contributed by atoms with Gasteiger partial charge < -0.3 is 4.79 Å². The van der Waals surface area contributed by atoms with E-state index in [0.29, 0.717) is 6.42 Å². The van der Waals surface area contributed by atoms with E-state index in [0.717, 1.165) is 6.42 Å². The molecule has 0 aromatic rings. The van der Waals surface area contributed by atoms with Crippen molar-refractivity contribution in [1.29, 1.82) is 0 Å². The normalized spacial score (nSPS) is 8.50. The first kappa shape index (κ1) is 12.8. The summed E-state index contributed by atoms with van der Waals surface area (Å²) in [5, 5.41) is 0. The zero-order valence-electron chi connectivity index (χ0n) is 6.45. The molecule has 1 nitrogen and oxygen atoms in total. The fourth-order valence-electron chi connectivity index (χ4n) is 0.801. The molecule has 0 rings (SSSR count). The van der Waals surface area contributed by atoms with Crippen LogP contribution in [-0.2, 0) is 21.9 Å². The topological polar surface area (TPSA) is 17.1 Å². The Labute approximate surface area is 74.1 Å². The van der Waals surface area contributed by atoms with Gasteiger partial charge in [-0.15, -0.1) is 0 Å². The van der Waals surface area contributed by atoms with Gasteiger partial charge in [-0.2, -0.15) is 6.42 Å². The SMILES string of the molecule is CCCCCCC[C-]=O.[Cu+]. The van der Waals surface area contributed by atoms with Crippen molar-refractivity contribution in [2.75, 3.05) is 0 Å². The van der Waals surface area contributed by atoms with E-state index < -0.39 is 0 Å². The van der Waals surface area contributed by atoms with E-state index in [1.165, 1.54) is 25.7 Å². The average molecular weight is 191 g/mol. The van der Waals surface area contributed by atoms with Gasteiger partial charge in [-0.25, -0.2) is 0 Å². The quantitative estimate of drug-likeness (QED) is 0.357. The Morgan fingerprint density at radius 3 is 2.20 bits per heavy atom. The third kappa shape index (κ3) is 11.0. The molecule has 0 aliphatic heterocycles. The van der Waals surface area contributed by atoms with Crippen LogP contribution in [0.4, 0.5) is 0 Å². The summed E-state index contributed by atoms with van der Waals surface area (Å²) < 4.78 is 0. The van der Waals surface area contributed by atoms with E-state index in [1.807, 2.05) is 6.29 Å². The first-order valence-corrected chi connectivity index (χ1v) is 3.76. The number of unbranched alkanes of at least 4 members (excludes halogenated alkanes) is 5. The van der Waals surface area contributed by atoms with Crippen LogP contribution in [0, 0.1) is 0 Å². The molecule has 2 heteroatoms. The molecule has 0 unspecified atom stereocenters. The number of rotatable bonds is 6. The minimum Gasteiger partial charge on any atom is -0.542 e. The molecule has 0 amide bonds. The minimum absolute atomic E-state index is 0. The maximum atomic E-state index is 9.71. The van der Waals surface area contributed by atoms with Gasteiger partial charge >= 0.3 is 17.1 Å². The first-order chi connectivity index (χ1) is 4.41. The van der Waals surface area contributed by atoms with Gasteiger partial charge in [0, 0.05) is 0 Å². The Hall–Kier alpha value is 0.189. The second-order valence-corrected chi connectivity index (χ2v) is 2.31. The maximum absolute atomic E-state index is 9.71. The molecule has 0 aliphatic carbocycles. The van der Waals surface area contributed by atoms with E-state index in [4.69, 9.17) is 0 Å². The van der Waals surface area contributed by atoms with Crippen molar-refractivity contribution in [3.63, 3.8) is 0 Å². The molecule has 64 valence electrons. The van der Waals surface area contributed by atoms with Gasteiger partial charge in [-0.3, -0.25) is 6.29 Å². The molecule has 0 aliphatic rings. The van der Waals surface area contributed by atoms with Crippen LogP contribution in [0.1, 0.15) is 45.4 Å². The van der Waals surface area contributed by atoms with Crippen LogP contribution in [0.5, 0.6) is 0 Å². The second-order valence-electron chi connectivity index (χ2n) is 2.31. The van der Waals surface area contributed by atoms with Crippen LogP contribution < -0.4 is 0 Å². The third-order valence-corrected chi connectivity index (χ3v) is 1.38. The monoisotopic (exact) mass is 190 g/mol. The standard InChI is InChI=1S/C8H15O.Cu/c1-2-3-4-5-6-7-8-9;/h2-7H2,1H3;/q-1;+1. The summed E-state index contributed by atoms with van der Waals surface area (Å²) in [6.07, 6.45) is 8.60. The van der Waals surface area contributed by atoms with Gasteiger partial charge in [-0.05, 0) is 0 Å². The molecule has 0 aromatic heterocycles. The van der Waals surface area contributed by atoms with E-state index in [-0.39, 0.29) is 17.1 Å². The van der Waals surface area contributed by atoms with Gasteiger partial charge in [0.1, 0.15) is 0 Å². The van der Waals surface area contributed by atoms with Crippen molar-refractivity contribution >= 4 is 6.29 Å². The van der Waals surface area contributed by atoms with Gasteiger partial charge in [0.25, 0.3) is 0 Å². The van der Waals surface area contributed by atoms with Gasteiger partial charge in [0.05, 0.1) is 0 Å². The molecule has 0 spiro atoms. The molecule has 0 N–H and O–H groups in total. The van der Waals surface area contributed by atoms with Gasteiger partial charge in [0.15, 0.2) is 0 Å². The summed E-state index contributed by atoms with van der Waals surface area (Å²) in [6.45, 7) is 2.19. The molecule has 0 heterocycles. The van der Waals surface area contributed by atoms with Crippen molar-refractivity contribution in [3.8, 4) is 0 Å². The van der Waals surface area contributed by atoms with Crippen molar-refractivity contribution in [1.82, 2.24) is 0 Å². The Morgan fingerprint density at radius 2 is 1.70 bits per heavy atom. The predicted molar refractivity (Wildman–Crippen MR) is 39.1 cm³/mol. The summed E-state index contributed by atoms with van der Waals surface area (Å²) in [4.78, 5) is 9.71. The van der Waals surface area contributed by atoms with Gasteiger partial charge in [-0.1, -0.05) is 39.0 Å². The summed E-state index contributed by atoms with van der Waals surface area (Å²) in [7, 11) is 0. The van der Waals surface area contributed by atoms with Crippen LogP contribution in [0.3, 0.4) is 0 Å². The van der Waals surface area contributed by atoms with Crippen LogP contribution in [0.15, 0.2) is 0 Å². The van der Waals surface area contributed by atoms with E-state index >= 15 is 0 Å². The van der Waals surface area contributed by atoms with Crippen LogP contribution >= 0.6 is 0 Å². The number of hydrogen-bond donors (Lipinski definition) is 0.